The molecule has 2 aromatic rings. The predicted molar refractivity (Wildman–Crippen MR) is 135 cm³/mol. The van der Waals surface area contributed by atoms with Crippen LogP contribution >= 0.6 is 0 Å². The first-order chi connectivity index (χ1) is 19.0. The third-order valence-electron chi connectivity index (χ3n) is 6.65. The normalized spacial score (nSPS) is 18.0. The van der Waals surface area contributed by atoms with Gasteiger partial charge >= 0.3 is 24.3 Å². The fourth-order valence-electron chi connectivity index (χ4n) is 4.91. The molecule has 1 aliphatic rings. The fourth-order valence-corrected chi connectivity index (χ4v) is 4.91. The number of piperidine rings is 1. The number of amides is 1. The van der Waals surface area contributed by atoms with Gasteiger partial charge in [-0.15, -0.1) is 0 Å². The molecule has 2 aromatic carbocycles. The van der Waals surface area contributed by atoms with Gasteiger partial charge in [0.05, 0.1) is 30.3 Å². The van der Waals surface area contributed by atoms with Crippen LogP contribution < -0.4 is 0 Å². The molecule has 3 rings (SSSR count). The summed E-state index contributed by atoms with van der Waals surface area (Å²) in [5, 5.41) is 9.44. The molecule has 1 heterocycles. The number of nitrogens with zero attached hydrogens (tertiary/aromatic N) is 2. The van der Waals surface area contributed by atoms with Crippen LogP contribution in [-0.2, 0) is 33.1 Å². The highest BCUT2D eigenvalue weighted by atomic mass is 19.4. The van der Waals surface area contributed by atoms with Crippen molar-refractivity contribution in [1.82, 2.24) is 9.80 Å². The first-order valence-corrected chi connectivity index (χ1v) is 12.8. The Hall–Kier alpha value is -3.61. The number of carboxylic acid groups (broad SMARTS) is 1. The zero-order valence-corrected chi connectivity index (χ0v) is 22.3. The maximum absolute atomic E-state index is 13.5. The smallest absolute Gasteiger partial charge is 0.416 e. The molecule has 0 saturated carbocycles. The van der Waals surface area contributed by atoms with Crippen molar-refractivity contribution >= 4 is 17.8 Å². The van der Waals surface area contributed by atoms with Gasteiger partial charge in [-0.3, -0.25) is 19.3 Å². The molecule has 0 aromatic heterocycles. The van der Waals surface area contributed by atoms with Crippen molar-refractivity contribution in [3.05, 3.63) is 70.8 Å². The van der Waals surface area contributed by atoms with Crippen LogP contribution in [0.25, 0.3) is 0 Å². The second-order valence-corrected chi connectivity index (χ2v) is 10.2. The lowest BCUT2D eigenvalue weighted by molar-refractivity contribution is -0.151. The molecule has 7 nitrogen and oxygen atoms in total. The molecule has 0 bridgehead atoms. The van der Waals surface area contributed by atoms with Crippen molar-refractivity contribution in [3.8, 4) is 0 Å². The second kappa shape index (κ2) is 12.9. The van der Waals surface area contributed by atoms with E-state index in [-0.39, 0.29) is 38.4 Å². The largest absolute Gasteiger partial charge is 0.480 e. The summed E-state index contributed by atoms with van der Waals surface area (Å²) in [5.41, 5.74) is -3.20. The molecule has 0 aliphatic carbocycles. The summed E-state index contributed by atoms with van der Waals surface area (Å²) in [6, 6.07) is 8.27. The van der Waals surface area contributed by atoms with Crippen molar-refractivity contribution < 1.29 is 50.6 Å². The number of alkyl halides is 6. The molecular formula is C28H30F6N2O5. The lowest BCUT2D eigenvalue weighted by Gasteiger charge is -2.43. The van der Waals surface area contributed by atoms with Crippen LogP contribution in [0.5, 0.6) is 0 Å². The summed E-state index contributed by atoms with van der Waals surface area (Å²) < 4.78 is 85.8. The van der Waals surface area contributed by atoms with Gasteiger partial charge in [0.1, 0.15) is 0 Å². The van der Waals surface area contributed by atoms with Crippen molar-refractivity contribution in [3.63, 3.8) is 0 Å². The minimum Gasteiger partial charge on any atom is -0.480 e. The fraction of sp³-hybridized carbons (Fsp3) is 0.464. The van der Waals surface area contributed by atoms with Crippen LogP contribution in [0.1, 0.15) is 53.7 Å². The number of hydrogen-bond donors (Lipinski definition) is 1. The van der Waals surface area contributed by atoms with E-state index in [4.69, 9.17) is 4.74 Å². The molecule has 1 aliphatic heterocycles. The molecule has 0 spiro atoms. The van der Waals surface area contributed by atoms with Crippen LogP contribution in [0.15, 0.2) is 48.5 Å². The van der Waals surface area contributed by atoms with Gasteiger partial charge in [0.2, 0.25) is 0 Å². The highest BCUT2D eigenvalue weighted by Crippen LogP contribution is 2.37. The number of likely N-dealkylation sites (tertiary alicyclic amines) is 1. The van der Waals surface area contributed by atoms with E-state index >= 15 is 0 Å². The summed E-state index contributed by atoms with van der Waals surface area (Å²) >= 11 is 0. The number of halogens is 6. The number of carbonyl (C=O) groups is 3. The maximum atomic E-state index is 13.5. The molecular weight excluding hydrogens is 558 g/mol. The van der Waals surface area contributed by atoms with Crippen LogP contribution in [-0.4, -0.2) is 70.6 Å². The summed E-state index contributed by atoms with van der Waals surface area (Å²) in [6.45, 7) is 2.33. The van der Waals surface area contributed by atoms with Gasteiger partial charge < -0.3 is 14.7 Å². The quantitative estimate of drug-likeness (QED) is 0.317. The van der Waals surface area contributed by atoms with E-state index in [0.717, 1.165) is 5.56 Å². The van der Waals surface area contributed by atoms with E-state index in [0.29, 0.717) is 12.1 Å². The molecule has 13 heteroatoms. The second-order valence-electron chi connectivity index (χ2n) is 10.2. The van der Waals surface area contributed by atoms with E-state index in [1.807, 2.05) is 0 Å². The minimum atomic E-state index is -5.12. The number of ether oxygens (including phenoxy) is 1. The number of carbonyl (C=O) groups excluding carboxylic acids is 2. The van der Waals surface area contributed by atoms with E-state index in [1.54, 1.807) is 44.2 Å². The van der Waals surface area contributed by atoms with E-state index in [9.17, 15) is 45.8 Å². The predicted octanol–water partition coefficient (Wildman–Crippen LogP) is 5.28. The average Bonchev–Trinajstić information content (AvgIpc) is 2.86. The first-order valence-electron chi connectivity index (χ1n) is 12.8. The summed E-state index contributed by atoms with van der Waals surface area (Å²) in [6.07, 6.45) is -10.2. The van der Waals surface area contributed by atoms with Crippen molar-refractivity contribution in [2.24, 2.45) is 0 Å². The highest BCUT2D eigenvalue weighted by Gasteiger charge is 2.40. The molecule has 2 atom stereocenters. The van der Waals surface area contributed by atoms with Gasteiger partial charge in [-0.25, -0.2) is 0 Å². The zero-order chi connectivity index (χ0) is 30.5. The van der Waals surface area contributed by atoms with Gasteiger partial charge in [0.25, 0.3) is 5.91 Å². The highest BCUT2D eigenvalue weighted by molar-refractivity contribution is 5.95. The van der Waals surface area contributed by atoms with Crippen molar-refractivity contribution in [2.75, 3.05) is 19.6 Å². The molecule has 0 radical (unpaired) electrons. The van der Waals surface area contributed by atoms with Crippen LogP contribution in [0.4, 0.5) is 26.3 Å². The lowest BCUT2D eigenvalue weighted by Crippen LogP contribution is -2.54. The van der Waals surface area contributed by atoms with E-state index in [2.05, 4.69) is 0 Å². The van der Waals surface area contributed by atoms with Gasteiger partial charge in [0.15, 0.2) is 0 Å². The maximum Gasteiger partial charge on any atom is 0.416 e. The summed E-state index contributed by atoms with van der Waals surface area (Å²) in [7, 11) is 0. The van der Waals surface area contributed by atoms with Crippen LogP contribution in [0.3, 0.4) is 0 Å². The summed E-state index contributed by atoms with van der Waals surface area (Å²) in [4.78, 5) is 40.1. The van der Waals surface area contributed by atoms with Crippen molar-refractivity contribution in [2.45, 2.75) is 63.7 Å². The van der Waals surface area contributed by atoms with Gasteiger partial charge in [-0.1, -0.05) is 30.3 Å². The zero-order valence-electron chi connectivity index (χ0n) is 22.3. The molecule has 224 valence electrons. The number of benzene rings is 2. The Morgan fingerprint density at radius 1 is 0.976 bits per heavy atom. The van der Waals surface area contributed by atoms with Gasteiger partial charge in [-0.2, -0.15) is 26.3 Å². The third kappa shape index (κ3) is 8.94. The number of hydrogen-bond acceptors (Lipinski definition) is 5. The molecule has 2 unspecified atom stereocenters. The lowest BCUT2D eigenvalue weighted by atomic mass is 9.90. The Bertz CT molecular complexity index is 1200. The molecule has 1 N–H and O–H groups in total. The Labute approximate surface area is 232 Å². The number of rotatable bonds is 9. The van der Waals surface area contributed by atoms with Crippen LogP contribution in [0, 0.1) is 0 Å². The Morgan fingerprint density at radius 2 is 1.56 bits per heavy atom. The molecule has 1 fully saturated rings. The Balaban J connectivity index is 1.96. The summed E-state index contributed by atoms with van der Waals surface area (Å²) in [5.74, 6) is -2.86. The number of aliphatic carboxylic acids is 1. The monoisotopic (exact) mass is 588 g/mol. The molecule has 1 saturated heterocycles. The first kappa shape index (κ1) is 31.9. The topological polar surface area (TPSA) is 87.2 Å². The number of carboxylic acids is 1. The molecule has 41 heavy (non-hydrogen) atoms. The van der Waals surface area contributed by atoms with Crippen molar-refractivity contribution in [1.29, 1.82) is 0 Å². The minimum absolute atomic E-state index is 0.0372. The standard InChI is InChI=1S/C28H30F6N2O5/c1-17(2)41-25(39)16-35(15-24(37)38)22-8-9-36(23(14-22)10-18-6-4-3-5-7-18)26(40)19-11-20(27(29,30)31)13-21(12-19)28(32,33)34/h3-7,11-13,17,22-23H,8-10,14-16H2,1-2H3,(H,37,38). The van der Waals surface area contributed by atoms with Gasteiger partial charge in [-0.05, 0) is 56.9 Å². The Kier molecular flexibility index (Phi) is 10.1. The van der Waals surface area contributed by atoms with E-state index in [1.165, 1.54) is 9.80 Å². The van der Waals surface area contributed by atoms with Gasteiger partial charge in [0, 0.05) is 24.2 Å². The van der Waals surface area contributed by atoms with Crippen LogP contribution in [0.2, 0.25) is 0 Å². The van der Waals surface area contributed by atoms with E-state index < -0.39 is 71.6 Å². The third-order valence-corrected chi connectivity index (χ3v) is 6.65. The molecule has 1 amide bonds. The SMILES string of the molecule is CC(C)OC(=O)CN(CC(=O)O)C1CCN(C(=O)c2cc(C(F)(F)F)cc(C(F)(F)F)c2)C(Cc2ccccc2)C1. The Morgan fingerprint density at radius 3 is 2.07 bits per heavy atom. The average molecular weight is 589 g/mol. The number of esters is 1.